The summed E-state index contributed by atoms with van der Waals surface area (Å²) in [4.78, 5) is 25.4. The first kappa shape index (κ1) is 70.4. The highest BCUT2D eigenvalue weighted by molar-refractivity contribution is 7.45. The Hall–Kier alpha value is -2.58. The van der Waals surface area contributed by atoms with Crippen LogP contribution in [-0.2, 0) is 18.4 Å². The van der Waals surface area contributed by atoms with Gasteiger partial charge in [0.15, 0.2) is 0 Å². The number of unbranched alkanes of at least 4 members (excludes halogenated alkanes) is 27. The third-order valence-electron chi connectivity index (χ3n) is 13.0. The van der Waals surface area contributed by atoms with Crippen LogP contribution in [0.1, 0.15) is 251 Å². The van der Waals surface area contributed by atoms with Crippen molar-refractivity contribution in [1.82, 2.24) is 5.32 Å². The molecule has 1 amide bonds. The molecule has 0 aliphatic carbocycles. The molecule has 0 saturated heterocycles. The van der Waals surface area contributed by atoms with Gasteiger partial charge in [-0.1, -0.05) is 265 Å². The van der Waals surface area contributed by atoms with Gasteiger partial charge in [0.1, 0.15) is 13.2 Å². The summed E-state index contributed by atoms with van der Waals surface area (Å²) in [5.74, 6) is -0.199. The number of aliphatic hydroxyl groups excluding tert-OH is 1. The molecule has 73 heavy (non-hydrogen) atoms. The zero-order chi connectivity index (χ0) is 53.5. The number of carbonyl (C=O) groups is 1. The van der Waals surface area contributed by atoms with E-state index in [-0.39, 0.29) is 19.1 Å². The number of nitrogens with one attached hydrogen (secondary N) is 1. The highest BCUT2D eigenvalue weighted by Crippen LogP contribution is 2.38. The smallest absolute Gasteiger partial charge is 0.268 e. The lowest BCUT2D eigenvalue weighted by Gasteiger charge is -2.29. The topological polar surface area (TPSA) is 108 Å². The standard InChI is InChI=1S/C64H115N2O6P/c1-6-8-10-12-14-16-18-20-21-22-23-24-25-26-27-28-29-30-31-32-33-34-35-36-37-38-39-40-41-42-43-44-45-46-48-50-52-54-56-58-64(68)65-62(61-72-73(69,70)71-60-59-66(3,4)5)63(67)57-55-53-51-49-47-19-17-15-13-11-9-7-2/h8,10,14,16,20-21,23-24,26-27,29-30,32-33,55,57,62-63,67H,6-7,9,11-13,15,17-19,22,25,28,31,34-54,56,58-61H2,1-5H3,(H-,65,68,69,70)/b10-8-,16-14-,21-20-,24-23-,27-26-,30-29-,33-32-,57-55+. The van der Waals surface area contributed by atoms with E-state index in [0.29, 0.717) is 17.4 Å². The van der Waals surface area contributed by atoms with Crippen molar-refractivity contribution in [2.45, 2.75) is 264 Å². The Kier molecular flexibility index (Phi) is 52.3. The van der Waals surface area contributed by atoms with Crippen LogP contribution in [0.4, 0.5) is 0 Å². The molecule has 0 saturated carbocycles. The number of amides is 1. The van der Waals surface area contributed by atoms with Crippen molar-refractivity contribution in [1.29, 1.82) is 0 Å². The van der Waals surface area contributed by atoms with Crippen molar-refractivity contribution >= 4 is 13.7 Å². The summed E-state index contributed by atoms with van der Waals surface area (Å²) in [6, 6.07) is -0.888. The van der Waals surface area contributed by atoms with Gasteiger partial charge in [-0.2, -0.15) is 0 Å². The molecule has 0 radical (unpaired) electrons. The van der Waals surface area contributed by atoms with Crippen molar-refractivity contribution in [2.24, 2.45) is 0 Å². The van der Waals surface area contributed by atoms with E-state index >= 15 is 0 Å². The predicted molar refractivity (Wildman–Crippen MR) is 316 cm³/mol. The molecule has 0 aromatic heterocycles. The number of phosphoric ester groups is 1. The fraction of sp³-hybridized carbons (Fsp3) is 0.734. The number of nitrogens with zero attached hydrogens (tertiary/aromatic N) is 1. The second-order valence-corrected chi connectivity index (χ2v) is 22.7. The van der Waals surface area contributed by atoms with Gasteiger partial charge in [-0.3, -0.25) is 9.36 Å². The molecule has 3 unspecified atom stereocenters. The van der Waals surface area contributed by atoms with E-state index in [0.717, 1.165) is 83.5 Å². The molecule has 0 spiro atoms. The molecule has 422 valence electrons. The largest absolute Gasteiger partial charge is 0.756 e. The Morgan fingerprint density at radius 3 is 1.22 bits per heavy atom. The van der Waals surface area contributed by atoms with Crippen LogP contribution in [-0.4, -0.2) is 68.5 Å². The van der Waals surface area contributed by atoms with Gasteiger partial charge >= 0.3 is 0 Å². The number of allylic oxidation sites excluding steroid dienone is 15. The van der Waals surface area contributed by atoms with Crippen LogP contribution in [0.2, 0.25) is 0 Å². The van der Waals surface area contributed by atoms with E-state index in [9.17, 15) is 19.4 Å². The summed E-state index contributed by atoms with van der Waals surface area (Å²) >= 11 is 0. The number of phosphoric acid groups is 1. The van der Waals surface area contributed by atoms with Crippen LogP contribution in [0.3, 0.4) is 0 Å². The second kappa shape index (κ2) is 54.2. The predicted octanol–water partition coefficient (Wildman–Crippen LogP) is 18.0. The minimum absolute atomic E-state index is 0.00301. The molecular formula is C64H115N2O6P. The summed E-state index contributed by atoms with van der Waals surface area (Å²) < 4.78 is 23.3. The summed E-state index contributed by atoms with van der Waals surface area (Å²) in [6.45, 7) is 4.52. The SMILES string of the molecule is CC/C=C\C/C=C\C/C=C\C/C=C\C/C=C\C/C=C\C/C=C\CCCCCCCCCCCCCCCCCCCC(=O)NC(COP(=O)([O-])OCC[N+](C)(C)C)C(O)/C=C/CCCCCCCCCCCC. The average Bonchev–Trinajstić information content (AvgIpc) is 3.35. The first-order valence-electron chi connectivity index (χ1n) is 30.1. The van der Waals surface area contributed by atoms with E-state index in [1.165, 1.54) is 148 Å². The highest BCUT2D eigenvalue weighted by Gasteiger charge is 2.23. The zero-order valence-corrected chi connectivity index (χ0v) is 49.0. The molecule has 0 bridgehead atoms. The molecule has 3 atom stereocenters. The first-order chi connectivity index (χ1) is 35.5. The summed E-state index contributed by atoms with van der Waals surface area (Å²) in [7, 11) is 1.26. The van der Waals surface area contributed by atoms with Crippen molar-refractivity contribution in [3.63, 3.8) is 0 Å². The molecule has 0 aromatic carbocycles. The number of carbonyl (C=O) groups excluding carboxylic acids is 1. The van der Waals surface area contributed by atoms with Crippen molar-refractivity contribution in [3.8, 4) is 0 Å². The van der Waals surface area contributed by atoms with E-state index in [4.69, 9.17) is 9.05 Å². The number of hydrogen-bond acceptors (Lipinski definition) is 6. The van der Waals surface area contributed by atoms with E-state index < -0.39 is 20.0 Å². The lowest BCUT2D eigenvalue weighted by molar-refractivity contribution is -0.870. The molecule has 8 nitrogen and oxygen atoms in total. The number of aliphatic hydroxyl groups is 1. The third kappa shape index (κ3) is 57.0. The Morgan fingerprint density at radius 2 is 0.836 bits per heavy atom. The quantitative estimate of drug-likeness (QED) is 0.0272. The van der Waals surface area contributed by atoms with Crippen LogP contribution in [0, 0.1) is 0 Å². The van der Waals surface area contributed by atoms with Gasteiger partial charge in [0.2, 0.25) is 5.91 Å². The fourth-order valence-corrected chi connectivity index (χ4v) is 9.09. The average molecular weight is 1040 g/mol. The van der Waals surface area contributed by atoms with Gasteiger partial charge in [0, 0.05) is 6.42 Å². The van der Waals surface area contributed by atoms with E-state index in [1.54, 1.807) is 6.08 Å². The Balaban J connectivity index is 3.96. The van der Waals surface area contributed by atoms with Gasteiger partial charge in [-0.15, -0.1) is 0 Å². The number of quaternary nitrogens is 1. The lowest BCUT2D eigenvalue weighted by Crippen LogP contribution is -2.45. The Labute approximate surface area is 451 Å². The van der Waals surface area contributed by atoms with Crippen LogP contribution in [0.15, 0.2) is 97.2 Å². The maximum Gasteiger partial charge on any atom is 0.268 e. The molecule has 0 rings (SSSR count). The zero-order valence-electron chi connectivity index (χ0n) is 48.1. The highest BCUT2D eigenvalue weighted by atomic mass is 31.2. The molecule has 0 aliphatic heterocycles. The molecule has 9 heteroatoms. The van der Waals surface area contributed by atoms with E-state index in [1.807, 2.05) is 27.2 Å². The van der Waals surface area contributed by atoms with Crippen molar-refractivity contribution in [2.75, 3.05) is 40.9 Å². The van der Waals surface area contributed by atoms with Gasteiger partial charge < -0.3 is 28.8 Å². The van der Waals surface area contributed by atoms with Crippen molar-refractivity contribution in [3.05, 3.63) is 97.2 Å². The lowest BCUT2D eigenvalue weighted by atomic mass is 10.0. The Morgan fingerprint density at radius 1 is 0.493 bits per heavy atom. The monoisotopic (exact) mass is 1040 g/mol. The number of hydrogen-bond donors (Lipinski definition) is 2. The number of likely N-dealkylation sites (N-methyl/N-ethyl adjacent to an activating group) is 1. The van der Waals surface area contributed by atoms with Gasteiger partial charge in [-0.05, 0) is 77.0 Å². The van der Waals surface area contributed by atoms with Crippen LogP contribution in [0.5, 0.6) is 0 Å². The first-order valence-corrected chi connectivity index (χ1v) is 31.6. The second-order valence-electron chi connectivity index (χ2n) is 21.3. The van der Waals surface area contributed by atoms with Crippen molar-refractivity contribution < 1.29 is 32.9 Å². The summed E-state index contributed by atoms with van der Waals surface area (Å²) in [6.07, 6.45) is 77.9. The van der Waals surface area contributed by atoms with Crippen LogP contribution < -0.4 is 10.2 Å². The van der Waals surface area contributed by atoms with Gasteiger partial charge in [0.05, 0.1) is 39.9 Å². The maximum absolute atomic E-state index is 12.9. The van der Waals surface area contributed by atoms with E-state index in [2.05, 4.69) is 104 Å². The normalized spacial score (nSPS) is 14.6. The number of rotatable bonds is 54. The molecule has 2 N–H and O–H groups in total. The molecular weight excluding hydrogens is 924 g/mol. The molecule has 0 heterocycles. The van der Waals surface area contributed by atoms with Gasteiger partial charge in [0.25, 0.3) is 7.82 Å². The summed E-state index contributed by atoms with van der Waals surface area (Å²) in [5.41, 5.74) is 0. The third-order valence-corrected chi connectivity index (χ3v) is 14.0. The fourth-order valence-electron chi connectivity index (χ4n) is 8.37. The minimum atomic E-state index is -4.59. The van der Waals surface area contributed by atoms with Crippen LogP contribution >= 0.6 is 7.82 Å². The maximum atomic E-state index is 12.9. The molecule has 0 aliphatic rings. The minimum Gasteiger partial charge on any atom is -0.756 e. The summed E-state index contributed by atoms with van der Waals surface area (Å²) in [5, 5.41) is 13.8. The Bertz CT molecular complexity index is 1510. The van der Waals surface area contributed by atoms with Crippen LogP contribution in [0.25, 0.3) is 0 Å². The molecule has 0 fully saturated rings. The van der Waals surface area contributed by atoms with Gasteiger partial charge in [-0.25, -0.2) is 0 Å². The molecule has 0 aromatic rings.